The Morgan fingerprint density at radius 2 is 2.10 bits per heavy atom. The molecule has 0 aromatic carbocycles. The Morgan fingerprint density at radius 3 is 2.62 bits per heavy atom. The number of carbonyl (C=O) groups is 1. The van der Waals surface area contributed by atoms with E-state index in [1.54, 1.807) is 24.7 Å². The van der Waals surface area contributed by atoms with Crippen molar-refractivity contribution in [2.45, 2.75) is 32.7 Å². The predicted octanol–water partition coefficient (Wildman–Crippen LogP) is 3.31. The fourth-order valence-electron chi connectivity index (χ4n) is 1.96. The molecule has 0 bridgehead atoms. The summed E-state index contributed by atoms with van der Waals surface area (Å²) in [5.74, 6) is -0.304. The van der Waals surface area contributed by atoms with Crippen LogP contribution in [0.25, 0.3) is 0 Å². The number of rotatable bonds is 4. The van der Waals surface area contributed by atoms with Gasteiger partial charge in [0.15, 0.2) is 0 Å². The maximum atomic E-state index is 11.3. The molecule has 0 amide bonds. The van der Waals surface area contributed by atoms with Crippen LogP contribution in [0, 0.1) is 0 Å². The highest BCUT2D eigenvalue weighted by atomic mass is 16.4. The lowest BCUT2D eigenvalue weighted by Crippen LogP contribution is -2.21. The predicted molar refractivity (Wildman–Crippen MR) is 80.7 cm³/mol. The van der Waals surface area contributed by atoms with Gasteiger partial charge < -0.3 is 14.4 Å². The molecule has 0 saturated heterocycles. The molecule has 0 aliphatic rings. The molecule has 2 heterocycles. The van der Waals surface area contributed by atoms with Crippen LogP contribution >= 0.6 is 0 Å². The first-order valence-corrected chi connectivity index (χ1v) is 6.75. The Balaban J connectivity index is 2.37. The fraction of sp³-hybridized carbons (Fsp3) is 0.375. The Labute approximate surface area is 124 Å². The third-order valence-corrected chi connectivity index (χ3v) is 3.22. The van der Waals surface area contributed by atoms with Crippen molar-refractivity contribution in [3.8, 4) is 0 Å². The van der Waals surface area contributed by atoms with Crippen molar-refractivity contribution in [2.24, 2.45) is 0 Å². The average Bonchev–Trinajstić information content (AvgIpc) is 2.90. The minimum absolute atomic E-state index is 0.212. The second kappa shape index (κ2) is 5.60. The van der Waals surface area contributed by atoms with Gasteiger partial charge in [0.2, 0.25) is 0 Å². The van der Waals surface area contributed by atoms with Crippen molar-refractivity contribution in [2.75, 3.05) is 11.9 Å². The summed E-state index contributed by atoms with van der Waals surface area (Å²) in [6.07, 6.45) is 3.28. The van der Waals surface area contributed by atoms with E-state index in [0.717, 1.165) is 11.3 Å². The van der Waals surface area contributed by atoms with Crippen LogP contribution in [0.5, 0.6) is 0 Å². The number of anilines is 1. The lowest BCUT2D eigenvalue weighted by Gasteiger charge is -2.23. The van der Waals surface area contributed by atoms with Gasteiger partial charge in [-0.25, -0.2) is 9.78 Å². The highest BCUT2D eigenvalue weighted by molar-refractivity contribution is 5.88. The summed E-state index contributed by atoms with van der Waals surface area (Å²) in [7, 11) is 1.88. The van der Waals surface area contributed by atoms with E-state index >= 15 is 0 Å². The number of furan rings is 1. The van der Waals surface area contributed by atoms with Crippen molar-refractivity contribution < 1.29 is 14.3 Å². The van der Waals surface area contributed by atoms with Gasteiger partial charge in [-0.05, 0) is 18.2 Å². The SMILES string of the molecule is CN(Cc1ccoc1)c1cc(C(=O)O)cc(C(C)(C)C)n1. The Hall–Kier alpha value is -2.30. The minimum Gasteiger partial charge on any atom is -0.478 e. The van der Waals surface area contributed by atoms with Gasteiger partial charge >= 0.3 is 5.97 Å². The molecule has 2 aromatic rings. The van der Waals surface area contributed by atoms with E-state index in [1.165, 1.54) is 0 Å². The average molecular weight is 288 g/mol. The molecule has 0 radical (unpaired) electrons. The van der Waals surface area contributed by atoms with Crippen molar-refractivity contribution in [3.63, 3.8) is 0 Å². The van der Waals surface area contributed by atoms with Crippen LogP contribution in [-0.4, -0.2) is 23.1 Å². The van der Waals surface area contributed by atoms with E-state index in [-0.39, 0.29) is 11.0 Å². The first kappa shape index (κ1) is 15.1. The molecule has 1 N–H and O–H groups in total. The van der Waals surface area contributed by atoms with Crippen LogP contribution < -0.4 is 4.90 Å². The van der Waals surface area contributed by atoms with Crippen LogP contribution in [0.1, 0.15) is 42.4 Å². The summed E-state index contributed by atoms with van der Waals surface area (Å²) >= 11 is 0. The quantitative estimate of drug-likeness (QED) is 0.935. The summed E-state index contributed by atoms with van der Waals surface area (Å²) in [5.41, 5.74) is 1.81. The van der Waals surface area contributed by atoms with Gasteiger partial charge in [-0.1, -0.05) is 20.8 Å². The van der Waals surface area contributed by atoms with Crippen molar-refractivity contribution in [3.05, 3.63) is 47.5 Å². The van der Waals surface area contributed by atoms with E-state index in [9.17, 15) is 9.90 Å². The summed E-state index contributed by atoms with van der Waals surface area (Å²) in [4.78, 5) is 17.8. The Kier molecular flexibility index (Phi) is 4.02. The second-order valence-corrected chi connectivity index (χ2v) is 6.14. The zero-order chi connectivity index (χ0) is 15.6. The maximum absolute atomic E-state index is 11.3. The molecule has 0 unspecified atom stereocenters. The maximum Gasteiger partial charge on any atom is 0.335 e. The Morgan fingerprint density at radius 1 is 1.38 bits per heavy atom. The van der Waals surface area contributed by atoms with Gasteiger partial charge in [-0.2, -0.15) is 0 Å². The van der Waals surface area contributed by atoms with Crippen LogP contribution in [0.4, 0.5) is 5.82 Å². The van der Waals surface area contributed by atoms with Gasteiger partial charge in [0.25, 0.3) is 0 Å². The van der Waals surface area contributed by atoms with E-state index in [4.69, 9.17) is 4.42 Å². The van der Waals surface area contributed by atoms with Gasteiger partial charge in [0.1, 0.15) is 5.82 Å². The smallest absolute Gasteiger partial charge is 0.335 e. The third-order valence-electron chi connectivity index (χ3n) is 3.22. The van der Waals surface area contributed by atoms with Crippen LogP contribution in [0.2, 0.25) is 0 Å². The molecule has 0 aliphatic heterocycles. The molecule has 0 spiro atoms. The number of hydrogen-bond acceptors (Lipinski definition) is 4. The molecular weight excluding hydrogens is 268 g/mol. The van der Waals surface area contributed by atoms with Gasteiger partial charge in [-0.3, -0.25) is 0 Å². The molecule has 5 heteroatoms. The van der Waals surface area contributed by atoms with Crippen LogP contribution in [0.3, 0.4) is 0 Å². The standard InChI is InChI=1S/C16H20N2O3/c1-16(2,3)13-7-12(15(19)20)8-14(17-13)18(4)9-11-5-6-21-10-11/h5-8,10H,9H2,1-4H3,(H,19,20). The monoisotopic (exact) mass is 288 g/mol. The zero-order valence-electron chi connectivity index (χ0n) is 12.8. The van der Waals surface area contributed by atoms with Crippen molar-refractivity contribution >= 4 is 11.8 Å². The summed E-state index contributed by atoms with van der Waals surface area (Å²) in [5, 5.41) is 9.28. The number of aromatic carboxylic acids is 1. The third kappa shape index (κ3) is 3.62. The number of carboxylic acid groups (broad SMARTS) is 1. The first-order valence-electron chi connectivity index (χ1n) is 6.75. The number of hydrogen-bond donors (Lipinski definition) is 1. The molecule has 0 atom stereocenters. The molecule has 2 aromatic heterocycles. The van der Waals surface area contributed by atoms with E-state index in [2.05, 4.69) is 4.98 Å². The highest BCUT2D eigenvalue weighted by Gasteiger charge is 2.20. The number of nitrogens with zero attached hydrogens (tertiary/aromatic N) is 2. The largest absolute Gasteiger partial charge is 0.478 e. The summed E-state index contributed by atoms with van der Waals surface area (Å²) < 4.78 is 5.05. The van der Waals surface area contributed by atoms with E-state index in [0.29, 0.717) is 12.4 Å². The second-order valence-electron chi connectivity index (χ2n) is 6.14. The summed E-state index contributed by atoms with van der Waals surface area (Å²) in [6, 6.07) is 5.11. The number of aromatic nitrogens is 1. The van der Waals surface area contributed by atoms with E-state index < -0.39 is 5.97 Å². The number of pyridine rings is 1. The molecule has 0 saturated carbocycles. The molecule has 0 aliphatic carbocycles. The fourth-order valence-corrected chi connectivity index (χ4v) is 1.96. The first-order chi connectivity index (χ1) is 9.77. The van der Waals surface area contributed by atoms with Crippen LogP contribution in [-0.2, 0) is 12.0 Å². The van der Waals surface area contributed by atoms with Gasteiger partial charge in [0.05, 0.1) is 18.1 Å². The molecule has 2 rings (SSSR count). The lowest BCUT2D eigenvalue weighted by molar-refractivity contribution is 0.0696. The summed E-state index contributed by atoms with van der Waals surface area (Å²) in [6.45, 7) is 6.65. The van der Waals surface area contributed by atoms with Gasteiger partial charge in [0, 0.05) is 30.3 Å². The van der Waals surface area contributed by atoms with Gasteiger partial charge in [-0.15, -0.1) is 0 Å². The number of carboxylic acids is 1. The molecular formula is C16H20N2O3. The van der Waals surface area contributed by atoms with Crippen LogP contribution in [0.15, 0.2) is 35.1 Å². The molecule has 21 heavy (non-hydrogen) atoms. The van der Waals surface area contributed by atoms with Crippen molar-refractivity contribution in [1.82, 2.24) is 4.98 Å². The molecule has 0 fully saturated rings. The normalized spacial score (nSPS) is 11.4. The van der Waals surface area contributed by atoms with E-state index in [1.807, 2.05) is 38.8 Å². The Bertz CT molecular complexity index is 627. The highest BCUT2D eigenvalue weighted by Crippen LogP contribution is 2.25. The topological polar surface area (TPSA) is 66.6 Å². The molecule has 112 valence electrons. The zero-order valence-corrected chi connectivity index (χ0v) is 12.8. The van der Waals surface area contributed by atoms with Crippen molar-refractivity contribution in [1.29, 1.82) is 0 Å². The molecule has 5 nitrogen and oxygen atoms in total. The minimum atomic E-state index is -0.944. The lowest BCUT2D eigenvalue weighted by atomic mass is 9.90.